The SMILES string of the molecule is CC(=O)c1cc(NC(=O)C(C)(C)F)cc(C(N)=O)c1. The smallest absolute Gasteiger partial charge is 0.261 e. The molecule has 0 aliphatic heterocycles. The average Bonchev–Trinajstić information content (AvgIpc) is 2.27. The van der Waals surface area contributed by atoms with Gasteiger partial charge in [0.05, 0.1) is 0 Å². The highest BCUT2D eigenvalue weighted by atomic mass is 19.1. The van der Waals surface area contributed by atoms with Gasteiger partial charge in [-0.1, -0.05) is 0 Å². The van der Waals surface area contributed by atoms with Crippen molar-refractivity contribution in [1.29, 1.82) is 0 Å². The molecule has 1 rings (SSSR count). The first-order valence-electron chi connectivity index (χ1n) is 5.57. The molecule has 0 saturated heterocycles. The molecule has 3 N–H and O–H groups in total. The molecule has 19 heavy (non-hydrogen) atoms. The molecule has 2 amide bonds. The fourth-order valence-electron chi connectivity index (χ4n) is 1.32. The predicted molar refractivity (Wildman–Crippen MR) is 68.8 cm³/mol. The summed E-state index contributed by atoms with van der Waals surface area (Å²) in [4.78, 5) is 34.0. The number of carbonyl (C=O) groups excluding carboxylic acids is 3. The Hall–Kier alpha value is -2.24. The first-order valence-corrected chi connectivity index (χ1v) is 5.57. The van der Waals surface area contributed by atoms with Crippen molar-refractivity contribution in [3.8, 4) is 0 Å². The summed E-state index contributed by atoms with van der Waals surface area (Å²) in [5.41, 5.74) is 3.49. The van der Waals surface area contributed by atoms with Gasteiger partial charge in [-0.05, 0) is 39.0 Å². The van der Waals surface area contributed by atoms with Crippen molar-refractivity contribution in [2.75, 3.05) is 5.32 Å². The zero-order valence-electron chi connectivity index (χ0n) is 10.9. The minimum atomic E-state index is -2.07. The van der Waals surface area contributed by atoms with E-state index in [1.165, 1.54) is 25.1 Å². The van der Waals surface area contributed by atoms with E-state index in [1.807, 2.05) is 0 Å². The Balaban J connectivity index is 3.17. The first-order chi connectivity index (χ1) is 8.61. The highest BCUT2D eigenvalue weighted by Gasteiger charge is 2.26. The molecular weight excluding hydrogens is 251 g/mol. The number of rotatable bonds is 4. The summed E-state index contributed by atoms with van der Waals surface area (Å²) < 4.78 is 13.4. The lowest BCUT2D eigenvalue weighted by Crippen LogP contribution is -2.32. The summed E-state index contributed by atoms with van der Waals surface area (Å²) in [6, 6.07) is 3.97. The Morgan fingerprint density at radius 1 is 1.16 bits per heavy atom. The number of anilines is 1. The summed E-state index contributed by atoms with van der Waals surface area (Å²) in [5.74, 6) is -1.90. The normalized spacial score (nSPS) is 10.9. The number of hydrogen-bond acceptors (Lipinski definition) is 3. The van der Waals surface area contributed by atoms with Gasteiger partial charge >= 0.3 is 0 Å². The van der Waals surface area contributed by atoms with Gasteiger partial charge in [0.2, 0.25) is 5.91 Å². The summed E-state index contributed by atoms with van der Waals surface area (Å²) in [6.45, 7) is 3.52. The molecular formula is C13H15FN2O3. The van der Waals surface area contributed by atoms with Crippen LogP contribution in [-0.4, -0.2) is 23.3 Å². The number of primary amides is 1. The molecule has 0 radical (unpaired) electrons. The summed E-state index contributed by atoms with van der Waals surface area (Å²) in [6.07, 6.45) is 0. The third kappa shape index (κ3) is 3.87. The number of nitrogens with one attached hydrogen (secondary N) is 1. The minimum Gasteiger partial charge on any atom is -0.366 e. The maximum Gasteiger partial charge on any atom is 0.261 e. The van der Waals surface area contributed by atoms with Gasteiger partial charge < -0.3 is 11.1 Å². The molecule has 0 aliphatic carbocycles. The lowest BCUT2D eigenvalue weighted by atomic mass is 10.1. The molecule has 0 fully saturated rings. The Labute approximate surface area is 110 Å². The van der Waals surface area contributed by atoms with Crippen molar-refractivity contribution in [3.63, 3.8) is 0 Å². The molecule has 0 aromatic heterocycles. The predicted octanol–water partition coefficient (Wildman–Crippen LogP) is 1.67. The third-order valence-corrected chi connectivity index (χ3v) is 2.42. The molecule has 0 heterocycles. The Morgan fingerprint density at radius 2 is 1.68 bits per heavy atom. The molecule has 0 unspecified atom stereocenters. The quantitative estimate of drug-likeness (QED) is 0.812. The number of amides is 2. The van der Waals surface area contributed by atoms with Gasteiger partial charge in [-0.2, -0.15) is 0 Å². The second kappa shape index (κ2) is 5.17. The van der Waals surface area contributed by atoms with Crippen LogP contribution in [0, 0.1) is 0 Å². The molecule has 102 valence electrons. The van der Waals surface area contributed by atoms with E-state index in [0.717, 1.165) is 13.8 Å². The van der Waals surface area contributed by atoms with Gasteiger partial charge in [0.1, 0.15) is 0 Å². The van der Waals surface area contributed by atoms with E-state index in [-0.39, 0.29) is 22.6 Å². The second-order valence-corrected chi connectivity index (χ2v) is 4.65. The number of halogens is 1. The summed E-state index contributed by atoms with van der Waals surface area (Å²) in [5, 5.41) is 2.30. The fraction of sp³-hybridized carbons (Fsp3) is 0.308. The van der Waals surface area contributed by atoms with Crippen LogP contribution in [0.2, 0.25) is 0 Å². The van der Waals surface area contributed by atoms with E-state index in [2.05, 4.69) is 5.32 Å². The molecule has 0 atom stereocenters. The van der Waals surface area contributed by atoms with Gasteiger partial charge in [-0.15, -0.1) is 0 Å². The zero-order chi connectivity index (χ0) is 14.8. The van der Waals surface area contributed by atoms with E-state index < -0.39 is 17.5 Å². The van der Waals surface area contributed by atoms with Crippen molar-refractivity contribution >= 4 is 23.3 Å². The van der Waals surface area contributed by atoms with E-state index in [9.17, 15) is 18.8 Å². The Morgan fingerprint density at radius 3 is 2.11 bits per heavy atom. The van der Waals surface area contributed by atoms with Crippen molar-refractivity contribution in [1.82, 2.24) is 0 Å². The van der Waals surface area contributed by atoms with E-state index in [1.54, 1.807) is 0 Å². The number of carbonyl (C=O) groups is 3. The van der Waals surface area contributed by atoms with Crippen LogP contribution in [-0.2, 0) is 4.79 Å². The van der Waals surface area contributed by atoms with E-state index >= 15 is 0 Å². The summed E-state index contributed by atoms with van der Waals surface area (Å²) >= 11 is 0. The standard InChI is InChI=1S/C13H15FN2O3/c1-7(17)8-4-9(11(15)18)6-10(5-8)16-12(19)13(2,3)14/h4-6H,1-3H3,(H2,15,18)(H,16,19). The van der Waals surface area contributed by atoms with Crippen LogP contribution in [0.3, 0.4) is 0 Å². The number of ketones is 1. The van der Waals surface area contributed by atoms with Gasteiger partial charge in [-0.3, -0.25) is 14.4 Å². The maximum absolute atomic E-state index is 13.4. The monoisotopic (exact) mass is 266 g/mol. The molecule has 0 saturated carbocycles. The third-order valence-electron chi connectivity index (χ3n) is 2.42. The Kier molecular flexibility index (Phi) is 4.04. The first kappa shape index (κ1) is 14.8. The molecule has 0 aliphatic rings. The zero-order valence-corrected chi connectivity index (χ0v) is 10.9. The van der Waals surface area contributed by atoms with Crippen LogP contribution in [0.15, 0.2) is 18.2 Å². The van der Waals surface area contributed by atoms with Crippen LogP contribution < -0.4 is 11.1 Å². The summed E-state index contributed by atoms with van der Waals surface area (Å²) in [7, 11) is 0. The van der Waals surface area contributed by atoms with Gasteiger partial charge in [0, 0.05) is 16.8 Å². The maximum atomic E-state index is 13.4. The lowest BCUT2D eigenvalue weighted by molar-refractivity contribution is -0.125. The van der Waals surface area contributed by atoms with Gasteiger partial charge in [0.25, 0.3) is 5.91 Å². The molecule has 0 spiro atoms. The van der Waals surface area contributed by atoms with Gasteiger partial charge in [0.15, 0.2) is 11.5 Å². The number of Topliss-reactive ketones (excluding diaryl/α,β-unsaturated/α-hetero) is 1. The fourth-order valence-corrected chi connectivity index (χ4v) is 1.32. The number of hydrogen-bond donors (Lipinski definition) is 2. The van der Waals surface area contributed by atoms with Crippen LogP contribution in [0.5, 0.6) is 0 Å². The molecule has 0 bridgehead atoms. The molecule has 5 nitrogen and oxygen atoms in total. The lowest BCUT2D eigenvalue weighted by Gasteiger charge is -2.15. The molecule has 1 aromatic carbocycles. The van der Waals surface area contributed by atoms with Crippen LogP contribution in [0.1, 0.15) is 41.5 Å². The van der Waals surface area contributed by atoms with Crippen molar-refractivity contribution in [2.24, 2.45) is 5.73 Å². The number of benzene rings is 1. The van der Waals surface area contributed by atoms with Gasteiger partial charge in [-0.25, -0.2) is 4.39 Å². The second-order valence-electron chi connectivity index (χ2n) is 4.65. The van der Waals surface area contributed by atoms with Crippen LogP contribution in [0.4, 0.5) is 10.1 Å². The highest BCUT2D eigenvalue weighted by molar-refractivity contribution is 6.03. The van der Waals surface area contributed by atoms with Crippen molar-refractivity contribution in [3.05, 3.63) is 29.3 Å². The van der Waals surface area contributed by atoms with E-state index in [0.29, 0.717) is 0 Å². The minimum absolute atomic E-state index is 0.0691. The van der Waals surface area contributed by atoms with E-state index in [4.69, 9.17) is 5.73 Å². The molecule has 1 aromatic rings. The van der Waals surface area contributed by atoms with Crippen molar-refractivity contribution in [2.45, 2.75) is 26.4 Å². The molecule has 6 heteroatoms. The topological polar surface area (TPSA) is 89.3 Å². The van der Waals surface area contributed by atoms with Crippen LogP contribution in [0.25, 0.3) is 0 Å². The number of alkyl halides is 1. The largest absolute Gasteiger partial charge is 0.366 e. The van der Waals surface area contributed by atoms with Crippen molar-refractivity contribution < 1.29 is 18.8 Å². The Bertz CT molecular complexity index is 515. The number of nitrogens with two attached hydrogens (primary N) is 1. The van der Waals surface area contributed by atoms with Crippen LogP contribution >= 0.6 is 0 Å². The highest BCUT2D eigenvalue weighted by Crippen LogP contribution is 2.18. The average molecular weight is 266 g/mol.